The number of hydrogen-bond donors (Lipinski definition) is 1. The first-order chi connectivity index (χ1) is 8.34. The molecule has 0 aromatic carbocycles. The topological polar surface area (TPSA) is 52.0 Å². The summed E-state index contributed by atoms with van der Waals surface area (Å²) in [7, 11) is 0. The molecular weight excluding hydrogens is 232 g/mol. The van der Waals surface area contributed by atoms with Crippen LogP contribution in [0.25, 0.3) is 10.4 Å². The van der Waals surface area contributed by atoms with Gasteiger partial charge in [-0.15, -0.1) is 11.3 Å². The predicted octanol–water partition coefficient (Wildman–Crippen LogP) is 3.72. The molecule has 3 nitrogen and oxygen atoms in total. The summed E-state index contributed by atoms with van der Waals surface area (Å²) in [6.45, 7) is 0. The molecule has 0 unspecified atom stereocenters. The monoisotopic (exact) mass is 248 g/mol. The van der Waals surface area contributed by atoms with Crippen molar-refractivity contribution >= 4 is 17.2 Å². The molecule has 1 aliphatic rings. The predicted molar refractivity (Wildman–Crippen MR) is 69.9 cm³/mol. The Morgan fingerprint density at radius 2 is 2.24 bits per heavy atom. The zero-order valence-corrected chi connectivity index (χ0v) is 10.5. The smallest absolute Gasteiger partial charge is 0.175 e. The number of aromatic nitrogens is 1. The van der Waals surface area contributed by atoms with Crippen molar-refractivity contribution in [1.82, 2.24) is 5.16 Å². The van der Waals surface area contributed by atoms with E-state index in [0.29, 0.717) is 5.82 Å². The minimum atomic E-state index is 0.528. The van der Waals surface area contributed by atoms with Crippen molar-refractivity contribution in [3.05, 3.63) is 23.3 Å². The second-order valence-electron chi connectivity index (χ2n) is 4.70. The van der Waals surface area contributed by atoms with Gasteiger partial charge in [0.05, 0.1) is 5.56 Å². The Labute approximate surface area is 105 Å². The highest BCUT2D eigenvalue weighted by molar-refractivity contribution is 7.13. The average molecular weight is 248 g/mol. The van der Waals surface area contributed by atoms with Gasteiger partial charge in [-0.3, -0.25) is 0 Å². The first-order valence-corrected chi connectivity index (χ1v) is 7.00. The van der Waals surface area contributed by atoms with E-state index in [0.717, 1.165) is 28.5 Å². The number of nitrogens with zero attached hydrogens (tertiary/aromatic N) is 1. The third-order valence-electron chi connectivity index (χ3n) is 3.51. The summed E-state index contributed by atoms with van der Waals surface area (Å²) in [4.78, 5) is 1.16. The fraction of sp³-hybridized carbons (Fsp3) is 0.462. The molecule has 1 saturated carbocycles. The largest absolute Gasteiger partial charge is 0.380 e. The molecule has 0 radical (unpaired) electrons. The summed E-state index contributed by atoms with van der Waals surface area (Å²) in [5.74, 6) is 2.25. The summed E-state index contributed by atoms with van der Waals surface area (Å²) in [5, 5.41) is 5.98. The van der Waals surface area contributed by atoms with Crippen molar-refractivity contribution in [3.63, 3.8) is 0 Å². The minimum Gasteiger partial charge on any atom is -0.380 e. The number of rotatable bonds is 3. The first-order valence-electron chi connectivity index (χ1n) is 6.12. The Balaban J connectivity index is 1.89. The lowest BCUT2D eigenvalue weighted by molar-refractivity contribution is 0.362. The number of anilines is 1. The van der Waals surface area contributed by atoms with Crippen LogP contribution in [0, 0.1) is 5.92 Å². The lowest BCUT2D eigenvalue weighted by Gasteiger charge is -2.06. The average Bonchev–Trinajstić information content (AvgIpc) is 3.01. The Morgan fingerprint density at radius 1 is 1.41 bits per heavy atom. The van der Waals surface area contributed by atoms with Gasteiger partial charge < -0.3 is 10.3 Å². The van der Waals surface area contributed by atoms with E-state index < -0.39 is 0 Å². The molecular formula is C13H16N2OS. The van der Waals surface area contributed by atoms with Crippen molar-refractivity contribution in [1.29, 1.82) is 0 Å². The van der Waals surface area contributed by atoms with Crippen LogP contribution in [-0.2, 0) is 6.42 Å². The molecule has 2 aromatic heterocycles. The molecule has 0 amide bonds. The highest BCUT2D eigenvalue weighted by Crippen LogP contribution is 2.36. The Morgan fingerprint density at radius 3 is 2.94 bits per heavy atom. The minimum absolute atomic E-state index is 0.528. The lowest BCUT2D eigenvalue weighted by atomic mass is 10.00. The molecule has 2 heterocycles. The van der Waals surface area contributed by atoms with Gasteiger partial charge >= 0.3 is 0 Å². The van der Waals surface area contributed by atoms with E-state index >= 15 is 0 Å². The maximum absolute atomic E-state index is 5.91. The van der Waals surface area contributed by atoms with Crippen LogP contribution in [0.4, 0.5) is 5.82 Å². The van der Waals surface area contributed by atoms with E-state index in [4.69, 9.17) is 10.3 Å². The van der Waals surface area contributed by atoms with Gasteiger partial charge in [-0.1, -0.05) is 36.9 Å². The fourth-order valence-electron chi connectivity index (χ4n) is 2.64. The summed E-state index contributed by atoms with van der Waals surface area (Å²) < 4.78 is 5.41. The van der Waals surface area contributed by atoms with Gasteiger partial charge in [-0.05, 0) is 17.4 Å². The van der Waals surface area contributed by atoms with Crippen molar-refractivity contribution < 1.29 is 4.52 Å². The quantitative estimate of drug-likeness (QED) is 0.900. The molecule has 90 valence electrons. The van der Waals surface area contributed by atoms with Gasteiger partial charge in [0.1, 0.15) is 5.76 Å². The van der Waals surface area contributed by atoms with Crippen LogP contribution in [-0.4, -0.2) is 5.16 Å². The van der Waals surface area contributed by atoms with E-state index in [9.17, 15) is 0 Å². The highest BCUT2D eigenvalue weighted by atomic mass is 32.1. The van der Waals surface area contributed by atoms with Crippen molar-refractivity contribution in [3.8, 4) is 10.4 Å². The normalized spacial score (nSPS) is 16.7. The maximum Gasteiger partial charge on any atom is 0.175 e. The highest BCUT2D eigenvalue weighted by Gasteiger charge is 2.22. The molecule has 0 spiro atoms. The maximum atomic E-state index is 5.91. The SMILES string of the molecule is Nc1noc(CC2CCCC2)c1-c1cccs1. The van der Waals surface area contributed by atoms with Crippen molar-refractivity contribution in [2.75, 3.05) is 5.73 Å². The zero-order valence-electron chi connectivity index (χ0n) is 9.69. The van der Waals surface area contributed by atoms with Crippen molar-refractivity contribution in [2.45, 2.75) is 32.1 Å². The van der Waals surface area contributed by atoms with Gasteiger partial charge in [0.25, 0.3) is 0 Å². The van der Waals surface area contributed by atoms with E-state index in [1.54, 1.807) is 11.3 Å². The van der Waals surface area contributed by atoms with Gasteiger partial charge in [0.15, 0.2) is 5.82 Å². The van der Waals surface area contributed by atoms with Crippen LogP contribution >= 0.6 is 11.3 Å². The third kappa shape index (κ3) is 2.09. The Hall–Kier alpha value is -1.29. The number of nitrogen functional groups attached to an aromatic ring is 1. The van der Waals surface area contributed by atoms with Crippen LogP contribution in [0.5, 0.6) is 0 Å². The summed E-state index contributed by atoms with van der Waals surface area (Å²) in [6.07, 6.45) is 6.30. The Bertz CT molecular complexity index is 483. The summed E-state index contributed by atoms with van der Waals surface area (Å²) in [5.41, 5.74) is 6.93. The third-order valence-corrected chi connectivity index (χ3v) is 4.39. The molecule has 0 saturated heterocycles. The van der Waals surface area contributed by atoms with Gasteiger partial charge in [0, 0.05) is 11.3 Å². The van der Waals surface area contributed by atoms with Crippen LogP contribution in [0.1, 0.15) is 31.4 Å². The van der Waals surface area contributed by atoms with Gasteiger partial charge in [0.2, 0.25) is 0 Å². The summed E-state index contributed by atoms with van der Waals surface area (Å²) in [6, 6.07) is 4.11. The molecule has 4 heteroatoms. The van der Waals surface area contributed by atoms with E-state index in [-0.39, 0.29) is 0 Å². The molecule has 17 heavy (non-hydrogen) atoms. The Kier molecular flexibility index (Phi) is 2.89. The van der Waals surface area contributed by atoms with Gasteiger partial charge in [-0.25, -0.2) is 0 Å². The molecule has 0 bridgehead atoms. The second kappa shape index (κ2) is 4.53. The molecule has 2 N–H and O–H groups in total. The van der Waals surface area contributed by atoms with Gasteiger partial charge in [-0.2, -0.15) is 0 Å². The molecule has 0 aliphatic heterocycles. The number of nitrogens with two attached hydrogens (primary N) is 1. The van der Waals surface area contributed by atoms with Crippen LogP contribution in [0.2, 0.25) is 0 Å². The molecule has 0 atom stereocenters. The number of thiophene rings is 1. The lowest BCUT2D eigenvalue weighted by Crippen LogP contribution is -1.99. The molecule has 1 aliphatic carbocycles. The van der Waals surface area contributed by atoms with E-state index in [1.807, 2.05) is 6.07 Å². The van der Waals surface area contributed by atoms with Crippen molar-refractivity contribution in [2.24, 2.45) is 5.92 Å². The van der Waals surface area contributed by atoms with Crippen LogP contribution < -0.4 is 5.73 Å². The fourth-order valence-corrected chi connectivity index (χ4v) is 3.44. The van der Waals surface area contributed by atoms with Crippen LogP contribution in [0.15, 0.2) is 22.0 Å². The summed E-state index contributed by atoms with van der Waals surface area (Å²) >= 11 is 1.69. The second-order valence-corrected chi connectivity index (χ2v) is 5.65. The molecule has 3 rings (SSSR count). The number of hydrogen-bond acceptors (Lipinski definition) is 4. The van der Waals surface area contributed by atoms with E-state index in [2.05, 4.69) is 16.6 Å². The molecule has 2 aromatic rings. The molecule has 1 fully saturated rings. The standard InChI is InChI=1S/C13H16N2OS/c14-13-12(11-6-3-7-17-11)10(16-15-13)8-9-4-1-2-5-9/h3,6-7,9H,1-2,4-5,8H2,(H2,14,15). The first kappa shape index (κ1) is 10.8. The zero-order chi connectivity index (χ0) is 11.7. The van der Waals surface area contributed by atoms with E-state index in [1.165, 1.54) is 25.7 Å². The van der Waals surface area contributed by atoms with Crippen LogP contribution in [0.3, 0.4) is 0 Å².